The van der Waals surface area contributed by atoms with Crippen LogP contribution >= 0.6 is 0 Å². The Bertz CT molecular complexity index is 691. The molecule has 0 radical (unpaired) electrons. The van der Waals surface area contributed by atoms with Crippen LogP contribution in [0.15, 0.2) is 47.6 Å². The number of ether oxygens (including phenoxy) is 1. The monoisotopic (exact) mass is 344 g/mol. The zero-order valence-corrected chi connectivity index (χ0v) is 14.5. The van der Waals surface area contributed by atoms with Gasteiger partial charge in [0.2, 0.25) is 5.88 Å². The Labute approximate surface area is 148 Å². The molecule has 1 aromatic carbocycles. The van der Waals surface area contributed by atoms with Gasteiger partial charge in [0, 0.05) is 24.4 Å². The SMILES string of the molecule is CCCCCCNC(N)=NCc1cccnc1Oc1cccc(F)c1. The molecule has 0 saturated heterocycles. The van der Waals surface area contributed by atoms with E-state index < -0.39 is 0 Å². The summed E-state index contributed by atoms with van der Waals surface area (Å²) in [6.45, 7) is 3.34. The van der Waals surface area contributed by atoms with Crippen LogP contribution in [0.5, 0.6) is 11.6 Å². The highest BCUT2D eigenvalue weighted by Crippen LogP contribution is 2.23. The van der Waals surface area contributed by atoms with Crippen molar-refractivity contribution in [3.63, 3.8) is 0 Å². The topological polar surface area (TPSA) is 72.5 Å². The van der Waals surface area contributed by atoms with Gasteiger partial charge in [-0.3, -0.25) is 0 Å². The van der Waals surface area contributed by atoms with Gasteiger partial charge in [-0.1, -0.05) is 38.3 Å². The summed E-state index contributed by atoms with van der Waals surface area (Å²) in [6.07, 6.45) is 6.32. The van der Waals surface area contributed by atoms with Gasteiger partial charge in [0.25, 0.3) is 0 Å². The standard InChI is InChI=1S/C19H25FN4O/c1-2-3-4-5-11-23-19(21)24-14-15-8-7-12-22-18(15)25-17-10-6-9-16(20)13-17/h6-10,12-13H,2-5,11,14H2,1H3,(H3,21,23,24). The molecule has 1 aromatic heterocycles. The number of aliphatic imine (C=N–C) groups is 1. The predicted octanol–water partition coefficient (Wildman–Crippen LogP) is 4.00. The summed E-state index contributed by atoms with van der Waals surface area (Å²) in [5.41, 5.74) is 6.67. The fraction of sp³-hybridized carbons (Fsp3) is 0.368. The third-order valence-corrected chi connectivity index (χ3v) is 3.62. The largest absolute Gasteiger partial charge is 0.439 e. The lowest BCUT2D eigenvalue weighted by Gasteiger charge is -2.09. The molecule has 0 bridgehead atoms. The van der Waals surface area contributed by atoms with Crippen molar-refractivity contribution in [2.45, 2.75) is 39.2 Å². The normalized spacial score (nSPS) is 11.4. The van der Waals surface area contributed by atoms with Crippen LogP contribution in [0.25, 0.3) is 0 Å². The molecule has 0 spiro atoms. The number of nitrogens with one attached hydrogen (secondary N) is 1. The first kappa shape index (κ1) is 18.7. The van der Waals surface area contributed by atoms with Gasteiger partial charge in [-0.2, -0.15) is 0 Å². The lowest BCUT2D eigenvalue weighted by Crippen LogP contribution is -2.32. The first-order valence-electron chi connectivity index (χ1n) is 8.60. The van der Waals surface area contributed by atoms with Gasteiger partial charge in [0.1, 0.15) is 11.6 Å². The molecule has 6 heteroatoms. The Morgan fingerprint density at radius 1 is 1.24 bits per heavy atom. The Kier molecular flexibility index (Phi) is 7.69. The van der Waals surface area contributed by atoms with Crippen LogP contribution < -0.4 is 15.8 Å². The van der Waals surface area contributed by atoms with Crippen LogP contribution in [0.1, 0.15) is 38.2 Å². The van der Waals surface area contributed by atoms with Crippen molar-refractivity contribution in [3.05, 3.63) is 54.0 Å². The molecule has 5 nitrogen and oxygen atoms in total. The van der Waals surface area contributed by atoms with E-state index in [1.165, 1.54) is 31.4 Å². The summed E-state index contributed by atoms with van der Waals surface area (Å²) in [4.78, 5) is 8.52. The fourth-order valence-corrected chi connectivity index (χ4v) is 2.27. The van der Waals surface area contributed by atoms with E-state index in [0.717, 1.165) is 18.5 Å². The van der Waals surface area contributed by atoms with Crippen molar-refractivity contribution in [1.82, 2.24) is 10.3 Å². The molecule has 134 valence electrons. The predicted molar refractivity (Wildman–Crippen MR) is 98.2 cm³/mol. The lowest BCUT2D eigenvalue weighted by atomic mass is 10.2. The first-order chi connectivity index (χ1) is 12.2. The minimum Gasteiger partial charge on any atom is -0.439 e. The molecule has 2 rings (SSSR count). The van der Waals surface area contributed by atoms with Crippen LogP contribution in [0, 0.1) is 5.82 Å². The summed E-state index contributed by atoms with van der Waals surface area (Å²) >= 11 is 0. The van der Waals surface area contributed by atoms with E-state index in [9.17, 15) is 4.39 Å². The van der Waals surface area contributed by atoms with Crippen molar-refractivity contribution in [1.29, 1.82) is 0 Å². The van der Waals surface area contributed by atoms with Crippen molar-refractivity contribution >= 4 is 5.96 Å². The molecule has 0 atom stereocenters. The average Bonchev–Trinajstić information content (AvgIpc) is 2.61. The summed E-state index contributed by atoms with van der Waals surface area (Å²) in [5, 5.41) is 3.11. The lowest BCUT2D eigenvalue weighted by molar-refractivity contribution is 0.452. The van der Waals surface area contributed by atoms with Gasteiger partial charge in [-0.25, -0.2) is 14.4 Å². The molecule has 0 aliphatic carbocycles. The maximum absolute atomic E-state index is 13.3. The fourth-order valence-electron chi connectivity index (χ4n) is 2.27. The molecule has 0 saturated carbocycles. The number of aromatic nitrogens is 1. The van der Waals surface area contributed by atoms with Gasteiger partial charge in [0.05, 0.1) is 6.54 Å². The zero-order chi connectivity index (χ0) is 17.9. The van der Waals surface area contributed by atoms with E-state index in [4.69, 9.17) is 10.5 Å². The van der Waals surface area contributed by atoms with Gasteiger partial charge in [-0.05, 0) is 24.6 Å². The highest BCUT2D eigenvalue weighted by atomic mass is 19.1. The number of nitrogens with zero attached hydrogens (tertiary/aromatic N) is 2. The van der Waals surface area contributed by atoms with Crippen molar-refractivity contribution in [2.75, 3.05) is 6.54 Å². The van der Waals surface area contributed by atoms with Gasteiger partial charge in [-0.15, -0.1) is 0 Å². The number of unbranched alkanes of at least 4 members (excludes halogenated alkanes) is 3. The van der Waals surface area contributed by atoms with E-state index in [2.05, 4.69) is 22.2 Å². The Morgan fingerprint density at radius 3 is 2.92 bits per heavy atom. The first-order valence-corrected chi connectivity index (χ1v) is 8.60. The number of guanidine groups is 1. The Morgan fingerprint density at radius 2 is 2.12 bits per heavy atom. The molecule has 0 fully saturated rings. The van der Waals surface area contributed by atoms with Crippen molar-refractivity contribution in [3.8, 4) is 11.6 Å². The highest BCUT2D eigenvalue weighted by molar-refractivity contribution is 5.77. The number of rotatable bonds is 9. The number of nitrogens with two attached hydrogens (primary N) is 1. The highest BCUT2D eigenvalue weighted by Gasteiger charge is 2.06. The third kappa shape index (κ3) is 6.79. The average molecular weight is 344 g/mol. The van der Waals surface area contributed by atoms with Crippen molar-refractivity contribution in [2.24, 2.45) is 10.7 Å². The molecule has 0 aliphatic heterocycles. The molecule has 2 aromatic rings. The second kappa shape index (κ2) is 10.3. The molecule has 0 amide bonds. The number of halogens is 1. The van der Waals surface area contributed by atoms with Crippen LogP contribution in [0.2, 0.25) is 0 Å². The molecule has 1 heterocycles. The van der Waals surface area contributed by atoms with E-state index in [1.54, 1.807) is 24.4 Å². The Balaban J connectivity index is 1.92. The maximum atomic E-state index is 13.3. The number of hydrogen-bond acceptors (Lipinski definition) is 3. The molecular weight excluding hydrogens is 319 g/mol. The second-order valence-electron chi connectivity index (χ2n) is 5.72. The zero-order valence-electron chi connectivity index (χ0n) is 14.5. The van der Waals surface area contributed by atoms with Crippen molar-refractivity contribution < 1.29 is 9.13 Å². The molecule has 3 N–H and O–H groups in total. The van der Waals surface area contributed by atoms with Crippen LogP contribution in [-0.2, 0) is 6.54 Å². The molecule has 0 aliphatic rings. The Hall–Kier alpha value is -2.63. The number of benzene rings is 1. The summed E-state index contributed by atoms with van der Waals surface area (Å²) in [5.74, 6) is 0.833. The van der Waals surface area contributed by atoms with E-state index in [1.807, 2.05) is 6.07 Å². The molecule has 0 unspecified atom stereocenters. The number of pyridine rings is 1. The van der Waals surface area contributed by atoms with Crippen LogP contribution in [0.4, 0.5) is 4.39 Å². The van der Waals surface area contributed by atoms with E-state index in [0.29, 0.717) is 24.1 Å². The minimum atomic E-state index is -0.357. The third-order valence-electron chi connectivity index (χ3n) is 3.62. The van der Waals surface area contributed by atoms with E-state index in [-0.39, 0.29) is 5.82 Å². The maximum Gasteiger partial charge on any atom is 0.224 e. The van der Waals surface area contributed by atoms with Gasteiger partial charge < -0.3 is 15.8 Å². The van der Waals surface area contributed by atoms with Crippen LogP contribution in [-0.4, -0.2) is 17.5 Å². The van der Waals surface area contributed by atoms with Gasteiger partial charge >= 0.3 is 0 Å². The van der Waals surface area contributed by atoms with E-state index >= 15 is 0 Å². The summed E-state index contributed by atoms with van der Waals surface area (Å²) < 4.78 is 18.9. The molecule has 25 heavy (non-hydrogen) atoms. The van der Waals surface area contributed by atoms with Crippen LogP contribution in [0.3, 0.4) is 0 Å². The second-order valence-corrected chi connectivity index (χ2v) is 5.72. The molecular formula is C19H25FN4O. The number of hydrogen-bond donors (Lipinski definition) is 2. The quantitative estimate of drug-likeness (QED) is 0.410. The van der Waals surface area contributed by atoms with Gasteiger partial charge in [0.15, 0.2) is 5.96 Å². The summed E-state index contributed by atoms with van der Waals surface area (Å²) in [7, 11) is 0. The minimum absolute atomic E-state index is 0.340. The smallest absolute Gasteiger partial charge is 0.224 e. The summed E-state index contributed by atoms with van der Waals surface area (Å²) in [6, 6.07) is 9.61.